The zero-order valence-electron chi connectivity index (χ0n) is 13.5. The van der Waals surface area contributed by atoms with Gasteiger partial charge in [0.2, 0.25) is 5.89 Å². The molecule has 0 aliphatic carbocycles. The molecule has 126 valence electrons. The molecule has 5 nitrogen and oxygen atoms in total. The van der Waals surface area contributed by atoms with Crippen molar-refractivity contribution in [1.82, 2.24) is 15.5 Å². The fraction of sp³-hybridized carbons (Fsp3) is 0.529. The summed E-state index contributed by atoms with van der Waals surface area (Å²) >= 11 is 0. The topological polar surface area (TPSA) is 60.2 Å². The van der Waals surface area contributed by atoms with Crippen molar-refractivity contribution in [3.05, 3.63) is 41.5 Å². The van der Waals surface area contributed by atoms with Crippen LogP contribution in [0, 0.1) is 0 Å². The molecule has 23 heavy (non-hydrogen) atoms. The van der Waals surface area contributed by atoms with Crippen LogP contribution in [0.1, 0.15) is 43.0 Å². The van der Waals surface area contributed by atoms with Crippen molar-refractivity contribution in [3.8, 4) is 5.75 Å². The van der Waals surface area contributed by atoms with E-state index in [1.165, 1.54) is 5.56 Å². The molecule has 0 bridgehead atoms. The predicted octanol–water partition coefficient (Wildman–Crippen LogP) is 3.14. The normalized spacial score (nSPS) is 15.2. The minimum atomic E-state index is 0. The third kappa shape index (κ3) is 4.94. The average molecular weight is 338 g/mol. The molecule has 1 N–H and O–H groups in total. The number of hydrogen-bond donors (Lipinski definition) is 1. The van der Waals surface area contributed by atoms with E-state index in [-0.39, 0.29) is 12.4 Å². The van der Waals surface area contributed by atoms with Crippen LogP contribution in [-0.2, 0) is 12.8 Å². The van der Waals surface area contributed by atoms with Gasteiger partial charge in [0.1, 0.15) is 5.75 Å². The molecule has 0 atom stereocenters. The van der Waals surface area contributed by atoms with Crippen molar-refractivity contribution in [3.63, 3.8) is 0 Å². The van der Waals surface area contributed by atoms with Gasteiger partial charge in [-0.1, -0.05) is 17.3 Å². The van der Waals surface area contributed by atoms with Crippen LogP contribution in [0.2, 0.25) is 0 Å². The first-order chi connectivity index (χ1) is 10.8. The molecule has 6 heteroatoms. The zero-order chi connectivity index (χ0) is 15.2. The first-order valence-corrected chi connectivity index (χ1v) is 8.10. The SMILES string of the molecule is CCOc1cccc(CCc2nc(C3CCNCC3)no2)c1.Cl. The highest BCUT2D eigenvalue weighted by Crippen LogP contribution is 2.22. The quantitative estimate of drug-likeness (QED) is 0.877. The molecule has 2 aromatic rings. The Kier molecular flexibility index (Phi) is 6.86. The molecule has 1 aliphatic rings. The van der Waals surface area contributed by atoms with E-state index in [1.807, 2.05) is 19.1 Å². The van der Waals surface area contributed by atoms with Gasteiger partial charge in [-0.05, 0) is 57.0 Å². The summed E-state index contributed by atoms with van der Waals surface area (Å²) in [5, 5.41) is 7.52. The summed E-state index contributed by atoms with van der Waals surface area (Å²) in [7, 11) is 0. The van der Waals surface area contributed by atoms with Gasteiger partial charge in [-0.25, -0.2) is 0 Å². The first kappa shape index (κ1) is 17.8. The van der Waals surface area contributed by atoms with Crippen molar-refractivity contribution in [1.29, 1.82) is 0 Å². The number of halogens is 1. The molecule has 1 aromatic carbocycles. The maximum atomic E-state index is 5.52. The number of hydrogen-bond acceptors (Lipinski definition) is 5. The van der Waals surface area contributed by atoms with E-state index in [1.54, 1.807) is 0 Å². The Balaban J connectivity index is 0.00000192. The molecular weight excluding hydrogens is 314 g/mol. The highest BCUT2D eigenvalue weighted by molar-refractivity contribution is 5.85. The Morgan fingerprint density at radius 3 is 2.87 bits per heavy atom. The van der Waals surface area contributed by atoms with Crippen molar-refractivity contribution in [2.75, 3.05) is 19.7 Å². The Bertz CT molecular complexity index is 597. The number of benzene rings is 1. The first-order valence-electron chi connectivity index (χ1n) is 8.10. The van der Waals surface area contributed by atoms with E-state index in [4.69, 9.17) is 9.26 Å². The number of nitrogens with one attached hydrogen (secondary N) is 1. The van der Waals surface area contributed by atoms with Gasteiger partial charge < -0.3 is 14.6 Å². The number of ether oxygens (including phenoxy) is 1. The minimum Gasteiger partial charge on any atom is -0.494 e. The molecule has 0 spiro atoms. The van der Waals surface area contributed by atoms with Crippen LogP contribution < -0.4 is 10.1 Å². The Hall–Kier alpha value is -1.59. The molecule has 1 saturated heterocycles. The summed E-state index contributed by atoms with van der Waals surface area (Å²) in [6.45, 7) is 4.76. The lowest BCUT2D eigenvalue weighted by Crippen LogP contribution is -2.27. The zero-order valence-corrected chi connectivity index (χ0v) is 14.3. The summed E-state index contributed by atoms with van der Waals surface area (Å²) in [6.07, 6.45) is 3.84. The van der Waals surface area contributed by atoms with Crippen LogP contribution in [0.4, 0.5) is 0 Å². The van der Waals surface area contributed by atoms with Gasteiger partial charge >= 0.3 is 0 Å². The smallest absolute Gasteiger partial charge is 0.226 e. The van der Waals surface area contributed by atoms with Crippen LogP contribution in [-0.4, -0.2) is 29.8 Å². The molecular formula is C17H24ClN3O2. The lowest BCUT2D eigenvalue weighted by Gasteiger charge is -2.18. The van der Waals surface area contributed by atoms with E-state index < -0.39 is 0 Å². The Labute approximate surface area is 143 Å². The second-order valence-corrected chi connectivity index (χ2v) is 5.65. The molecule has 0 amide bonds. The summed E-state index contributed by atoms with van der Waals surface area (Å²) in [6, 6.07) is 8.18. The Morgan fingerprint density at radius 2 is 2.09 bits per heavy atom. The summed E-state index contributed by atoms with van der Waals surface area (Å²) in [4.78, 5) is 4.57. The molecule has 0 saturated carbocycles. The third-order valence-electron chi connectivity index (χ3n) is 4.03. The second kappa shape index (κ2) is 8.89. The average Bonchev–Trinajstić information content (AvgIpc) is 3.04. The predicted molar refractivity (Wildman–Crippen MR) is 91.4 cm³/mol. The second-order valence-electron chi connectivity index (χ2n) is 5.65. The van der Waals surface area contributed by atoms with Gasteiger partial charge in [-0.3, -0.25) is 0 Å². The van der Waals surface area contributed by atoms with Crippen molar-refractivity contribution < 1.29 is 9.26 Å². The largest absolute Gasteiger partial charge is 0.494 e. The van der Waals surface area contributed by atoms with Gasteiger partial charge in [0, 0.05) is 12.3 Å². The highest BCUT2D eigenvalue weighted by atomic mass is 35.5. The van der Waals surface area contributed by atoms with Crippen molar-refractivity contribution in [2.24, 2.45) is 0 Å². The summed E-state index contributed by atoms with van der Waals surface area (Å²) in [5.74, 6) is 2.97. The standard InChI is InChI=1S/C17H23N3O2.ClH/c1-2-21-15-5-3-4-13(12-15)6-7-16-19-17(20-22-16)14-8-10-18-11-9-14;/h3-5,12,14,18H,2,6-11H2,1H3;1H. The molecule has 1 fully saturated rings. The number of aromatic nitrogens is 2. The number of rotatable bonds is 6. The number of nitrogens with zero attached hydrogens (tertiary/aromatic N) is 2. The molecule has 0 radical (unpaired) electrons. The van der Waals surface area contributed by atoms with Crippen LogP contribution in [0.15, 0.2) is 28.8 Å². The minimum absolute atomic E-state index is 0. The van der Waals surface area contributed by atoms with Gasteiger partial charge in [0.15, 0.2) is 5.82 Å². The molecule has 1 aliphatic heterocycles. The maximum absolute atomic E-state index is 5.52. The van der Waals surface area contributed by atoms with Gasteiger partial charge in [-0.15, -0.1) is 12.4 Å². The van der Waals surface area contributed by atoms with Crippen LogP contribution in [0.3, 0.4) is 0 Å². The third-order valence-corrected chi connectivity index (χ3v) is 4.03. The molecule has 2 heterocycles. The monoisotopic (exact) mass is 337 g/mol. The molecule has 0 unspecified atom stereocenters. The highest BCUT2D eigenvalue weighted by Gasteiger charge is 2.20. The lowest BCUT2D eigenvalue weighted by atomic mass is 9.98. The fourth-order valence-corrected chi connectivity index (χ4v) is 2.82. The summed E-state index contributed by atoms with van der Waals surface area (Å²) in [5.41, 5.74) is 1.23. The van der Waals surface area contributed by atoms with Gasteiger partial charge in [0.05, 0.1) is 6.61 Å². The van der Waals surface area contributed by atoms with E-state index in [0.29, 0.717) is 12.5 Å². The van der Waals surface area contributed by atoms with Crippen molar-refractivity contribution in [2.45, 2.75) is 38.5 Å². The molecule has 3 rings (SSSR count). The van der Waals surface area contributed by atoms with Crippen LogP contribution >= 0.6 is 12.4 Å². The Morgan fingerprint density at radius 1 is 1.26 bits per heavy atom. The van der Waals surface area contributed by atoms with Gasteiger partial charge in [0.25, 0.3) is 0 Å². The van der Waals surface area contributed by atoms with E-state index in [0.717, 1.165) is 56.2 Å². The van der Waals surface area contributed by atoms with Crippen LogP contribution in [0.25, 0.3) is 0 Å². The molecule has 1 aromatic heterocycles. The van der Waals surface area contributed by atoms with E-state index in [2.05, 4.69) is 27.6 Å². The van der Waals surface area contributed by atoms with Crippen molar-refractivity contribution >= 4 is 12.4 Å². The van der Waals surface area contributed by atoms with Crippen LogP contribution in [0.5, 0.6) is 5.75 Å². The number of aryl methyl sites for hydroxylation is 2. The van der Waals surface area contributed by atoms with E-state index in [9.17, 15) is 0 Å². The van der Waals surface area contributed by atoms with E-state index >= 15 is 0 Å². The van der Waals surface area contributed by atoms with Gasteiger partial charge in [-0.2, -0.15) is 4.98 Å². The fourth-order valence-electron chi connectivity index (χ4n) is 2.82. The summed E-state index contributed by atoms with van der Waals surface area (Å²) < 4.78 is 10.9. The number of piperidine rings is 1. The lowest BCUT2D eigenvalue weighted by molar-refractivity contribution is 0.339. The maximum Gasteiger partial charge on any atom is 0.226 e.